The lowest BCUT2D eigenvalue weighted by Crippen LogP contribution is -2.16. The fourth-order valence-corrected chi connectivity index (χ4v) is 3.55. The van der Waals surface area contributed by atoms with Crippen molar-refractivity contribution in [3.05, 3.63) is 115 Å². The minimum Gasteiger partial charge on any atom is -0.349 e. The molecule has 2 aromatic heterocycles. The van der Waals surface area contributed by atoms with Gasteiger partial charge in [0.1, 0.15) is 0 Å². The van der Waals surface area contributed by atoms with Crippen LogP contribution in [0.15, 0.2) is 104 Å². The van der Waals surface area contributed by atoms with Gasteiger partial charge in [0.2, 0.25) is 11.9 Å². The van der Waals surface area contributed by atoms with Gasteiger partial charge in [-0.05, 0) is 35.4 Å². The van der Waals surface area contributed by atoms with Gasteiger partial charge in [0, 0.05) is 37.4 Å². The average molecular weight is 505 g/mol. The molecule has 0 unspecified atom stereocenters. The summed E-state index contributed by atoms with van der Waals surface area (Å²) in [5.41, 5.74) is 3.07. The Labute approximate surface area is 211 Å². The first kappa shape index (κ1) is 25.4. The van der Waals surface area contributed by atoms with Crippen molar-refractivity contribution in [1.82, 2.24) is 19.9 Å². The van der Waals surface area contributed by atoms with Crippen molar-refractivity contribution in [3.8, 4) is 11.1 Å². The lowest BCUT2D eigenvalue weighted by molar-refractivity contribution is -0.137. The Morgan fingerprint density at radius 3 is 2.41 bits per heavy atom. The van der Waals surface area contributed by atoms with Crippen LogP contribution in [0.25, 0.3) is 11.1 Å². The van der Waals surface area contributed by atoms with Gasteiger partial charge in [0.15, 0.2) is 0 Å². The highest BCUT2D eigenvalue weighted by Gasteiger charge is 2.31. The second kappa shape index (κ2) is 10.9. The molecule has 0 fully saturated rings. The van der Waals surface area contributed by atoms with Gasteiger partial charge < -0.3 is 15.5 Å². The van der Waals surface area contributed by atoms with Crippen molar-refractivity contribution in [2.24, 2.45) is 0 Å². The Bertz CT molecular complexity index is 1380. The van der Waals surface area contributed by atoms with E-state index in [2.05, 4.69) is 32.2 Å². The molecule has 3 heterocycles. The molecule has 7 nitrogen and oxygen atoms in total. The number of allylic oxidation sites excluding steroid dienone is 4. The molecule has 0 radical (unpaired) electrons. The average Bonchev–Trinajstić information content (AvgIpc) is 2.88. The van der Waals surface area contributed by atoms with Crippen molar-refractivity contribution in [3.63, 3.8) is 0 Å². The van der Waals surface area contributed by atoms with Crippen LogP contribution >= 0.6 is 0 Å². The van der Waals surface area contributed by atoms with Crippen molar-refractivity contribution in [1.29, 1.82) is 0 Å². The van der Waals surface area contributed by atoms with Gasteiger partial charge in [-0.1, -0.05) is 36.9 Å². The smallest absolute Gasteiger partial charge is 0.349 e. The van der Waals surface area contributed by atoms with E-state index in [1.54, 1.807) is 30.6 Å². The van der Waals surface area contributed by atoms with Gasteiger partial charge in [0.25, 0.3) is 0 Å². The Morgan fingerprint density at radius 1 is 1.03 bits per heavy atom. The first-order valence-electron chi connectivity index (χ1n) is 11.2. The summed E-state index contributed by atoms with van der Waals surface area (Å²) in [7, 11) is 1.93. The molecule has 0 saturated carbocycles. The van der Waals surface area contributed by atoms with E-state index in [0.29, 0.717) is 17.7 Å². The zero-order valence-corrected chi connectivity index (χ0v) is 19.8. The van der Waals surface area contributed by atoms with E-state index in [-0.39, 0.29) is 12.1 Å². The van der Waals surface area contributed by atoms with E-state index in [9.17, 15) is 18.0 Å². The molecule has 2 N–H and O–H groups in total. The molecule has 3 aromatic rings. The predicted octanol–water partition coefficient (Wildman–Crippen LogP) is 5.56. The lowest BCUT2D eigenvalue weighted by atomic mass is 10.0. The summed E-state index contributed by atoms with van der Waals surface area (Å²) in [6.45, 7) is 3.86. The van der Waals surface area contributed by atoms with Crippen molar-refractivity contribution in [2.45, 2.75) is 12.6 Å². The maximum absolute atomic E-state index is 12.8. The summed E-state index contributed by atoms with van der Waals surface area (Å²) in [5.74, 6) is -0.0337. The molecule has 10 heteroatoms. The molecule has 1 aliphatic rings. The third-order valence-corrected chi connectivity index (χ3v) is 5.43. The van der Waals surface area contributed by atoms with Crippen LogP contribution in [0.1, 0.15) is 11.1 Å². The Kier molecular flexibility index (Phi) is 7.47. The highest BCUT2D eigenvalue weighted by Crippen LogP contribution is 2.30. The number of benzene rings is 1. The van der Waals surface area contributed by atoms with Crippen molar-refractivity contribution in [2.75, 3.05) is 17.7 Å². The van der Waals surface area contributed by atoms with Gasteiger partial charge in [-0.2, -0.15) is 13.2 Å². The molecular formula is C27H23F3N6O. The minimum atomic E-state index is -4.53. The number of halogens is 3. The number of carbonyl (C=O) groups excluding carboxylic acids is 1. The molecule has 0 atom stereocenters. The number of nitrogens with zero attached hydrogens (tertiary/aromatic N) is 4. The number of carbonyl (C=O) groups is 1. The molecule has 1 aliphatic heterocycles. The van der Waals surface area contributed by atoms with Gasteiger partial charge in [-0.15, -0.1) is 0 Å². The number of anilines is 2. The normalized spacial score (nSPS) is 14.3. The quantitative estimate of drug-likeness (QED) is 0.438. The lowest BCUT2D eigenvalue weighted by Gasteiger charge is -2.21. The number of pyridine rings is 1. The summed E-state index contributed by atoms with van der Waals surface area (Å²) in [4.78, 5) is 26.6. The fourth-order valence-electron chi connectivity index (χ4n) is 3.55. The van der Waals surface area contributed by atoms with Crippen LogP contribution in [0.4, 0.5) is 24.8 Å². The third-order valence-electron chi connectivity index (χ3n) is 5.43. The van der Waals surface area contributed by atoms with Gasteiger partial charge in [-0.3, -0.25) is 9.78 Å². The molecule has 4 rings (SSSR count). The van der Waals surface area contributed by atoms with E-state index in [4.69, 9.17) is 0 Å². The van der Waals surface area contributed by atoms with Crippen LogP contribution in [-0.4, -0.2) is 32.8 Å². The Hall–Kier alpha value is -4.73. The highest BCUT2D eigenvalue weighted by molar-refractivity contribution is 5.92. The number of hydrogen-bond donors (Lipinski definition) is 2. The zero-order chi connectivity index (χ0) is 26.4. The molecule has 188 valence electrons. The number of likely N-dealkylation sites (N-methyl/N-ethyl adjacent to an activating group) is 1. The maximum atomic E-state index is 12.8. The number of hydrogen-bond acceptors (Lipinski definition) is 6. The molecule has 1 amide bonds. The fraction of sp³-hybridized carbons (Fsp3) is 0.111. The van der Waals surface area contributed by atoms with Crippen LogP contribution in [0.3, 0.4) is 0 Å². The molecule has 0 aliphatic carbocycles. The standard InChI is InChI=1S/C27H23F3N6O/c1-3-23(24-6-4-5-11-36(24)2)35-26-32-14-20(15-33-26)19-9-7-18(8-10-19)12-25(37)34-22-13-21(16-31-17-22)27(28,29)30/h3-11,13-17H,1,12H2,2H3,(H,34,37)(H,32,33,35)/b24-23+. The first-order valence-corrected chi connectivity index (χ1v) is 11.2. The Balaban J connectivity index is 1.38. The van der Waals surface area contributed by atoms with E-state index in [1.807, 2.05) is 48.5 Å². The first-order chi connectivity index (χ1) is 17.7. The third kappa shape index (κ3) is 6.49. The zero-order valence-electron chi connectivity index (χ0n) is 19.8. The summed E-state index contributed by atoms with van der Waals surface area (Å²) in [5, 5.41) is 5.62. The number of rotatable bonds is 7. The Morgan fingerprint density at radius 2 is 1.76 bits per heavy atom. The number of aromatic nitrogens is 3. The topological polar surface area (TPSA) is 83.0 Å². The van der Waals surface area contributed by atoms with E-state index in [0.717, 1.165) is 28.6 Å². The van der Waals surface area contributed by atoms with Crippen LogP contribution < -0.4 is 10.6 Å². The van der Waals surface area contributed by atoms with E-state index >= 15 is 0 Å². The van der Waals surface area contributed by atoms with Crippen LogP contribution in [0.5, 0.6) is 0 Å². The number of amides is 1. The highest BCUT2D eigenvalue weighted by atomic mass is 19.4. The van der Waals surface area contributed by atoms with Crippen LogP contribution in [-0.2, 0) is 17.4 Å². The van der Waals surface area contributed by atoms with Gasteiger partial charge in [0.05, 0.1) is 35.3 Å². The molecular weight excluding hydrogens is 481 g/mol. The minimum absolute atomic E-state index is 0.00698. The van der Waals surface area contributed by atoms with Crippen molar-refractivity contribution >= 4 is 17.5 Å². The molecule has 0 spiro atoms. The second-order valence-electron chi connectivity index (χ2n) is 8.12. The second-order valence-corrected chi connectivity index (χ2v) is 8.12. The van der Waals surface area contributed by atoms with Crippen molar-refractivity contribution < 1.29 is 18.0 Å². The van der Waals surface area contributed by atoms with E-state index < -0.39 is 17.6 Å². The molecule has 0 saturated heterocycles. The summed E-state index contributed by atoms with van der Waals surface area (Å²) < 4.78 is 38.5. The predicted molar refractivity (Wildman–Crippen MR) is 136 cm³/mol. The molecule has 37 heavy (non-hydrogen) atoms. The van der Waals surface area contributed by atoms with Gasteiger partial charge >= 0.3 is 6.18 Å². The van der Waals surface area contributed by atoms with E-state index in [1.165, 1.54) is 6.20 Å². The summed E-state index contributed by atoms with van der Waals surface area (Å²) in [6.07, 6.45) is 10.2. The number of alkyl halides is 3. The molecule has 1 aromatic carbocycles. The van der Waals surface area contributed by atoms with Crippen LogP contribution in [0, 0.1) is 0 Å². The summed E-state index contributed by atoms with van der Waals surface area (Å²) in [6, 6.07) is 8.04. The largest absolute Gasteiger partial charge is 0.417 e. The number of nitrogens with one attached hydrogen (secondary N) is 2. The van der Waals surface area contributed by atoms with Crippen LogP contribution in [0.2, 0.25) is 0 Å². The summed E-state index contributed by atoms with van der Waals surface area (Å²) >= 11 is 0. The molecule has 0 bridgehead atoms. The van der Waals surface area contributed by atoms with Gasteiger partial charge in [-0.25, -0.2) is 9.97 Å². The SMILES string of the molecule is C=C/C(Nc1ncc(-c2ccc(CC(=O)Nc3cncc(C(F)(F)F)c3)cc2)cn1)=C1/C=CC=CN1C. The maximum Gasteiger partial charge on any atom is 0.417 e. The monoisotopic (exact) mass is 504 g/mol.